The quantitative estimate of drug-likeness (QED) is 0.791. The third-order valence-electron chi connectivity index (χ3n) is 2.25. The van der Waals surface area contributed by atoms with E-state index in [4.69, 9.17) is 10.5 Å². The van der Waals surface area contributed by atoms with Gasteiger partial charge in [0.25, 0.3) is 0 Å². The number of amides is 1. The second-order valence-electron chi connectivity index (χ2n) is 3.80. The highest BCUT2D eigenvalue weighted by molar-refractivity contribution is 5.91. The van der Waals surface area contributed by atoms with Gasteiger partial charge in [-0.1, -0.05) is 13.0 Å². The van der Waals surface area contributed by atoms with Gasteiger partial charge in [-0.25, -0.2) is 0 Å². The molecule has 1 amide bonds. The number of hydrogen-bond donors (Lipinski definition) is 2. The van der Waals surface area contributed by atoms with Crippen molar-refractivity contribution in [2.75, 3.05) is 10.6 Å². The number of nitrogens with zero attached hydrogens (tertiary/aromatic N) is 2. The minimum atomic E-state index is -0.0371. The molecule has 0 aliphatic rings. The molecule has 0 spiro atoms. The highest BCUT2D eigenvalue weighted by atomic mass is 16.1. The topological polar surface area (TPSA) is 88.7 Å². The van der Waals surface area contributed by atoms with Crippen LogP contribution in [-0.2, 0) is 4.79 Å². The Morgan fingerprint density at radius 1 is 1.32 bits per heavy atom. The summed E-state index contributed by atoms with van der Waals surface area (Å²) < 4.78 is 0. The predicted octanol–water partition coefficient (Wildman–Crippen LogP) is 2.77. The third-order valence-corrected chi connectivity index (χ3v) is 2.25. The molecule has 0 aliphatic carbocycles. The maximum absolute atomic E-state index is 11.5. The summed E-state index contributed by atoms with van der Waals surface area (Å²) in [7, 11) is 0. The van der Waals surface area contributed by atoms with Gasteiger partial charge in [0.15, 0.2) is 0 Å². The normalized spacial score (nSPS) is 8.79. The highest BCUT2D eigenvalue weighted by Gasteiger charge is 2.01. The van der Waals surface area contributed by atoms with Crippen molar-refractivity contribution in [2.24, 2.45) is 0 Å². The van der Waals surface area contributed by atoms with Crippen LogP contribution in [0.5, 0.6) is 0 Å². The first-order valence-electron chi connectivity index (χ1n) is 5.86. The second-order valence-corrected chi connectivity index (χ2v) is 3.80. The summed E-state index contributed by atoms with van der Waals surface area (Å²) in [4.78, 5) is 11.5. The van der Waals surface area contributed by atoms with Crippen LogP contribution in [0.25, 0.3) is 0 Å². The molecule has 0 bridgehead atoms. The Kier molecular flexibility index (Phi) is 5.65. The number of carbonyl (C=O) groups excluding carboxylic acids is 1. The Balaban J connectivity index is 2.73. The summed E-state index contributed by atoms with van der Waals surface area (Å²) in [6.07, 6.45) is 2.60. The molecule has 0 unspecified atom stereocenters. The first-order chi connectivity index (χ1) is 9.19. The summed E-state index contributed by atoms with van der Waals surface area (Å²) in [5, 5.41) is 22.8. The van der Waals surface area contributed by atoms with Crippen LogP contribution in [0.15, 0.2) is 36.0 Å². The first-order valence-corrected chi connectivity index (χ1v) is 5.86. The molecule has 5 heteroatoms. The molecule has 1 aromatic carbocycles. The average molecular weight is 254 g/mol. The molecule has 1 aromatic rings. The molecule has 19 heavy (non-hydrogen) atoms. The van der Waals surface area contributed by atoms with E-state index in [0.29, 0.717) is 17.8 Å². The van der Waals surface area contributed by atoms with E-state index in [0.717, 1.165) is 6.42 Å². The van der Waals surface area contributed by atoms with Crippen molar-refractivity contribution in [3.63, 3.8) is 0 Å². The number of rotatable bonds is 5. The molecule has 0 atom stereocenters. The fourth-order valence-corrected chi connectivity index (χ4v) is 1.38. The molecule has 0 saturated carbocycles. The Morgan fingerprint density at radius 3 is 2.63 bits per heavy atom. The zero-order chi connectivity index (χ0) is 14.1. The van der Waals surface area contributed by atoms with Crippen LogP contribution in [0.3, 0.4) is 0 Å². The van der Waals surface area contributed by atoms with Crippen molar-refractivity contribution < 1.29 is 4.79 Å². The molecule has 0 heterocycles. The monoisotopic (exact) mass is 254 g/mol. The number of nitriles is 2. The maximum atomic E-state index is 11.5. The number of anilines is 2. The molecule has 0 radical (unpaired) electrons. The Bertz CT molecular complexity index is 548. The van der Waals surface area contributed by atoms with Crippen molar-refractivity contribution in [3.8, 4) is 12.1 Å². The van der Waals surface area contributed by atoms with Gasteiger partial charge in [-0.05, 0) is 24.6 Å². The molecule has 96 valence electrons. The zero-order valence-electron chi connectivity index (χ0n) is 10.6. The van der Waals surface area contributed by atoms with Crippen LogP contribution in [0.2, 0.25) is 0 Å². The van der Waals surface area contributed by atoms with E-state index in [2.05, 4.69) is 10.6 Å². The molecule has 0 fully saturated rings. The number of hydrogen-bond acceptors (Lipinski definition) is 4. The van der Waals surface area contributed by atoms with Gasteiger partial charge in [-0.15, -0.1) is 0 Å². The lowest BCUT2D eigenvalue weighted by atomic mass is 10.2. The van der Waals surface area contributed by atoms with E-state index in [9.17, 15) is 4.79 Å². The van der Waals surface area contributed by atoms with Crippen molar-refractivity contribution >= 4 is 17.3 Å². The summed E-state index contributed by atoms with van der Waals surface area (Å²) in [5.74, 6) is -0.0371. The van der Waals surface area contributed by atoms with Crippen molar-refractivity contribution in [1.82, 2.24) is 0 Å². The lowest BCUT2D eigenvalue weighted by Gasteiger charge is -2.06. The largest absolute Gasteiger partial charge is 0.360 e. The number of allylic oxidation sites excluding steroid dienone is 1. The third kappa shape index (κ3) is 4.93. The predicted molar refractivity (Wildman–Crippen MR) is 72.9 cm³/mol. The van der Waals surface area contributed by atoms with Gasteiger partial charge in [0, 0.05) is 24.0 Å². The van der Waals surface area contributed by atoms with E-state index >= 15 is 0 Å². The van der Waals surface area contributed by atoms with Crippen molar-refractivity contribution in [3.05, 3.63) is 36.0 Å². The minimum absolute atomic E-state index is 0.0135. The SMILES string of the molecule is CCCC(=O)Nc1cccc(NC=C(C#N)C#N)c1. The van der Waals surface area contributed by atoms with E-state index in [1.807, 2.05) is 6.92 Å². The molecular formula is C14H14N4O. The lowest BCUT2D eigenvalue weighted by Crippen LogP contribution is -2.10. The van der Waals surface area contributed by atoms with Crippen LogP contribution >= 0.6 is 0 Å². The van der Waals surface area contributed by atoms with Gasteiger partial charge in [0.1, 0.15) is 17.7 Å². The van der Waals surface area contributed by atoms with Crippen LogP contribution in [0.1, 0.15) is 19.8 Å². The Labute approximate surface area is 112 Å². The Hall–Kier alpha value is -2.79. The zero-order valence-corrected chi connectivity index (χ0v) is 10.6. The molecule has 5 nitrogen and oxygen atoms in total. The van der Waals surface area contributed by atoms with E-state index in [1.165, 1.54) is 6.20 Å². The molecule has 1 rings (SSSR count). The van der Waals surface area contributed by atoms with Crippen LogP contribution in [0.4, 0.5) is 11.4 Å². The van der Waals surface area contributed by atoms with E-state index in [1.54, 1.807) is 36.4 Å². The van der Waals surface area contributed by atoms with Gasteiger partial charge < -0.3 is 10.6 Å². The molecule has 0 saturated heterocycles. The van der Waals surface area contributed by atoms with Gasteiger partial charge in [-0.2, -0.15) is 10.5 Å². The van der Waals surface area contributed by atoms with Gasteiger partial charge in [0.05, 0.1) is 0 Å². The maximum Gasteiger partial charge on any atom is 0.224 e. The summed E-state index contributed by atoms with van der Waals surface area (Å²) in [5.41, 5.74) is 1.35. The number of nitrogens with one attached hydrogen (secondary N) is 2. The van der Waals surface area contributed by atoms with Crippen molar-refractivity contribution in [1.29, 1.82) is 10.5 Å². The first kappa shape index (κ1) is 14.3. The van der Waals surface area contributed by atoms with Crippen LogP contribution in [0, 0.1) is 22.7 Å². The van der Waals surface area contributed by atoms with Crippen LogP contribution in [-0.4, -0.2) is 5.91 Å². The molecular weight excluding hydrogens is 240 g/mol. The highest BCUT2D eigenvalue weighted by Crippen LogP contribution is 2.15. The van der Waals surface area contributed by atoms with Gasteiger partial charge in [-0.3, -0.25) is 4.79 Å². The van der Waals surface area contributed by atoms with Crippen LogP contribution < -0.4 is 10.6 Å². The summed E-state index contributed by atoms with van der Waals surface area (Å²) >= 11 is 0. The lowest BCUT2D eigenvalue weighted by molar-refractivity contribution is -0.116. The second kappa shape index (κ2) is 7.52. The van der Waals surface area contributed by atoms with E-state index in [-0.39, 0.29) is 11.5 Å². The number of benzene rings is 1. The molecule has 0 aromatic heterocycles. The van der Waals surface area contributed by atoms with Crippen molar-refractivity contribution in [2.45, 2.75) is 19.8 Å². The van der Waals surface area contributed by atoms with Gasteiger partial charge in [0.2, 0.25) is 5.91 Å². The number of carbonyl (C=O) groups is 1. The standard InChI is InChI=1S/C14H14N4O/c1-2-4-14(19)18-13-6-3-5-12(7-13)17-10-11(8-15)9-16/h3,5-7,10,17H,2,4H2,1H3,(H,18,19). The molecule has 2 N–H and O–H groups in total. The van der Waals surface area contributed by atoms with E-state index < -0.39 is 0 Å². The fourth-order valence-electron chi connectivity index (χ4n) is 1.38. The summed E-state index contributed by atoms with van der Waals surface area (Å²) in [6.45, 7) is 1.94. The average Bonchev–Trinajstić information content (AvgIpc) is 2.40. The van der Waals surface area contributed by atoms with Gasteiger partial charge >= 0.3 is 0 Å². The Morgan fingerprint density at radius 2 is 2.00 bits per heavy atom. The summed E-state index contributed by atoms with van der Waals surface area (Å²) in [6, 6.07) is 10.6. The smallest absolute Gasteiger partial charge is 0.224 e. The molecule has 0 aliphatic heterocycles. The fraction of sp³-hybridized carbons (Fsp3) is 0.214. The minimum Gasteiger partial charge on any atom is -0.360 e.